The Bertz CT molecular complexity index is 709. The normalized spacial score (nSPS) is 10.6. The van der Waals surface area contributed by atoms with Gasteiger partial charge in [-0.15, -0.1) is 0 Å². The van der Waals surface area contributed by atoms with Crippen LogP contribution in [0.2, 0.25) is 0 Å². The number of ether oxygens (including phenoxy) is 2. The first-order chi connectivity index (χ1) is 11.6. The summed E-state index contributed by atoms with van der Waals surface area (Å²) in [6.45, 7) is 4.88. The molecule has 2 aromatic rings. The number of amides is 1. The van der Waals surface area contributed by atoms with E-state index in [1.54, 1.807) is 36.4 Å². The summed E-state index contributed by atoms with van der Waals surface area (Å²) in [5.74, 6) is 1.05. The number of benzene rings is 2. The zero-order chi connectivity index (χ0) is 17.4. The second kappa shape index (κ2) is 8.62. The van der Waals surface area contributed by atoms with E-state index in [2.05, 4.69) is 5.32 Å². The Kier molecular flexibility index (Phi) is 6.25. The van der Waals surface area contributed by atoms with Gasteiger partial charge in [0.25, 0.3) is 0 Å². The molecule has 5 heteroatoms. The van der Waals surface area contributed by atoms with Crippen LogP contribution in [0.4, 0.5) is 11.4 Å². The average Bonchev–Trinajstić information content (AvgIpc) is 2.57. The van der Waals surface area contributed by atoms with Gasteiger partial charge in [0.2, 0.25) is 5.91 Å². The number of carbonyl (C=O) groups is 1. The van der Waals surface area contributed by atoms with Crippen molar-refractivity contribution in [1.29, 1.82) is 0 Å². The van der Waals surface area contributed by atoms with E-state index >= 15 is 0 Å². The van der Waals surface area contributed by atoms with Gasteiger partial charge in [-0.2, -0.15) is 0 Å². The Labute approximate surface area is 142 Å². The maximum atomic E-state index is 12.0. The molecule has 0 fully saturated rings. The van der Waals surface area contributed by atoms with E-state index in [1.807, 2.05) is 26.0 Å². The molecule has 0 radical (unpaired) electrons. The molecule has 0 spiro atoms. The van der Waals surface area contributed by atoms with Crippen molar-refractivity contribution in [2.45, 2.75) is 13.8 Å². The fraction of sp³-hybridized carbons (Fsp3) is 0.211. The molecule has 0 aliphatic rings. The predicted molar refractivity (Wildman–Crippen MR) is 97.3 cm³/mol. The second-order valence-electron chi connectivity index (χ2n) is 5.02. The minimum Gasteiger partial charge on any atom is -0.490 e. The first kappa shape index (κ1) is 17.4. The lowest BCUT2D eigenvalue weighted by Crippen LogP contribution is -2.08. The van der Waals surface area contributed by atoms with E-state index in [-0.39, 0.29) is 5.91 Å². The van der Waals surface area contributed by atoms with Gasteiger partial charge in [0.15, 0.2) is 11.5 Å². The minimum atomic E-state index is -0.224. The van der Waals surface area contributed by atoms with Gasteiger partial charge in [0.1, 0.15) is 0 Å². The van der Waals surface area contributed by atoms with Crippen LogP contribution in [0, 0.1) is 0 Å². The molecule has 0 aromatic heterocycles. The molecule has 0 unspecified atom stereocenters. The standard InChI is InChI=1S/C19H22N2O3/c1-3-23-17-11-10-16(13-18(17)24-4-2)21-19(22)12-7-14-5-8-15(20)9-6-14/h5-13H,3-4,20H2,1-2H3,(H,21,22)/b12-7+. The van der Waals surface area contributed by atoms with Gasteiger partial charge < -0.3 is 20.5 Å². The molecule has 0 saturated heterocycles. The fourth-order valence-corrected chi connectivity index (χ4v) is 2.09. The third-order valence-electron chi connectivity index (χ3n) is 3.17. The molecule has 24 heavy (non-hydrogen) atoms. The first-order valence-electron chi connectivity index (χ1n) is 7.86. The number of anilines is 2. The van der Waals surface area contributed by atoms with E-state index in [0.717, 1.165) is 5.56 Å². The molecule has 2 aromatic carbocycles. The van der Waals surface area contributed by atoms with Crippen molar-refractivity contribution in [2.24, 2.45) is 0 Å². The van der Waals surface area contributed by atoms with Crippen molar-refractivity contribution in [2.75, 3.05) is 24.3 Å². The Morgan fingerprint density at radius 2 is 1.71 bits per heavy atom. The number of nitrogens with one attached hydrogen (secondary N) is 1. The van der Waals surface area contributed by atoms with Gasteiger partial charge in [0.05, 0.1) is 13.2 Å². The van der Waals surface area contributed by atoms with Gasteiger partial charge in [-0.1, -0.05) is 12.1 Å². The Morgan fingerprint density at radius 3 is 2.38 bits per heavy atom. The van der Waals surface area contributed by atoms with Crippen molar-refractivity contribution in [1.82, 2.24) is 0 Å². The van der Waals surface area contributed by atoms with Crippen molar-refractivity contribution in [3.05, 3.63) is 54.1 Å². The predicted octanol–water partition coefficient (Wildman–Crippen LogP) is 3.72. The van der Waals surface area contributed by atoms with Gasteiger partial charge in [0, 0.05) is 23.5 Å². The molecular formula is C19H22N2O3. The summed E-state index contributed by atoms with van der Waals surface area (Å²) in [4.78, 5) is 12.0. The van der Waals surface area contributed by atoms with Crippen LogP contribution in [0.5, 0.6) is 11.5 Å². The number of nitrogen functional groups attached to an aromatic ring is 1. The van der Waals surface area contributed by atoms with Crippen molar-refractivity contribution in [3.63, 3.8) is 0 Å². The number of rotatable bonds is 7. The number of carbonyl (C=O) groups excluding carboxylic acids is 1. The highest BCUT2D eigenvalue weighted by Gasteiger charge is 2.07. The van der Waals surface area contributed by atoms with E-state index < -0.39 is 0 Å². The summed E-state index contributed by atoms with van der Waals surface area (Å²) in [6.07, 6.45) is 3.20. The zero-order valence-electron chi connectivity index (χ0n) is 13.9. The molecule has 126 valence electrons. The van der Waals surface area contributed by atoms with Crippen LogP contribution in [-0.2, 0) is 4.79 Å². The SMILES string of the molecule is CCOc1ccc(NC(=O)/C=C/c2ccc(N)cc2)cc1OCC. The van der Waals surface area contributed by atoms with E-state index in [4.69, 9.17) is 15.2 Å². The molecule has 0 heterocycles. The maximum Gasteiger partial charge on any atom is 0.248 e. The van der Waals surface area contributed by atoms with Gasteiger partial charge in [-0.25, -0.2) is 0 Å². The molecule has 1 amide bonds. The Morgan fingerprint density at radius 1 is 1.04 bits per heavy atom. The third-order valence-corrected chi connectivity index (χ3v) is 3.17. The molecule has 5 nitrogen and oxygen atoms in total. The number of nitrogens with two attached hydrogens (primary N) is 1. The second-order valence-corrected chi connectivity index (χ2v) is 5.02. The van der Waals surface area contributed by atoms with Crippen LogP contribution in [0.25, 0.3) is 6.08 Å². The van der Waals surface area contributed by atoms with Crippen molar-refractivity contribution < 1.29 is 14.3 Å². The van der Waals surface area contributed by atoms with E-state index in [1.165, 1.54) is 6.08 Å². The molecule has 2 rings (SSSR count). The highest BCUT2D eigenvalue weighted by Crippen LogP contribution is 2.30. The van der Waals surface area contributed by atoms with Crippen LogP contribution in [0.15, 0.2) is 48.5 Å². The topological polar surface area (TPSA) is 73.6 Å². The van der Waals surface area contributed by atoms with Crippen LogP contribution in [-0.4, -0.2) is 19.1 Å². The molecule has 3 N–H and O–H groups in total. The largest absolute Gasteiger partial charge is 0.490 e. The molecule has 0 atom stereocenters. The van der Waals surface area contributed by atoms with Crippen LogP contribution >= 0.6 is 0 Å². The number of hydrogen-bond acceptors (Lipinski definition) is 4. The molecule has 0 bridgehead atoms. The van der Waals surface area contributed by atoms with Crippen LogP contribution in [0.3, 0.4) is 0 Å². The zero-order valence-corrected chi connectivity index (χ0v) is 13.9. The summed E-state index contributed by atoms with van der Waals surface area (Å²) >= 11 is 0. The number of hydrogen-bond donors (Lipinski definition) is 2. The Balaban J connectivity index is 2.05. The van der Waals surface area contributed by atoms with Crippen molar-refractivity contribution in [3.8, 4) is 11.5 Å². The molecular weight excluding hydrogens is 304 g/mol. The van der Waals surface area contributed by atoms with Crippen molar-refractivity contribution >= 4 is 23.4 Å². The monoisotopic (exact) mass is 326 g/mol. The summed E-state index contributed by atoms with van der Waals surface area (Å²) in [5.41, 5.74) is 7.87. The Hall–Kier alpha value is -2.95. The summed E-state index contributed by atoms with van der Waals surface area (Å²) in [5, 5.41) is 2.81. The molecule has 0 aliphatic heterocycles. The lowest BCUT2D eigenvalue weighted by Gasteiger charge is -2.12. The van der Waals surface area contributed by atoms with Crippen LogP contribution < -0.4 is 20.5 Å². The highest BCUT2D eigenvalue weighted by molar-refractivity contribution is 6.02. The van der Waals surface area contributed by atoms with E-state index in [9.17, 15) is 4.79 Å². The third kappa shape index (κ3) is 5.05. The van der Waals surface area contributed by atoms with Gasteiger partial charge in [-0.3, -0.25) is 4.79 Å². The summed E-state index contributed by atoms with van der Waals surface area (Å²) < 4.78 is 11.0. The van der Waals surface area contributed by atoms with Gasteiger partial charge >= 0.3 is 0 Å². The average molecular weight is 326 g/mol. The quantitative estimate of drug-likeness (QED) is 0.601. The fourth-order valence-electron chi connectivity index (χ4n) is 2.09. The molecule has 0 aliphatic carbocycles. The summed E-state index contributed by atoms with van der Waals surface area (Å²) in [7, 11) is 0. The lowest BCUT2D eigenvalue weighted by molar-refractivity contribution is -0.111. The lowest BCUT2D eigenvalue weighted by atomic mass is 10.2. The van der Waals surface area contributed by atoms with Gasteiger partial charge in [-0.05, 0) is 49.8 Å². The van der Waals surface area contributed by atoms with E-state index in [0.29, 0.717) is 36.1 Å². The molecule has 0 saturated carbocycles. The minimum absolute atomic E-state index is 0.224. The van der Waals surface area contributed by atoms with Crippen LogP contribution in [0.1, 0.15) is 19.4 Å². The highest BCUT2D eigenvalue weighted by atomic mass is 16.5. The smallest absolute Gasteiger partial charge is 0.248 e. The maximum absolute atomic E-state index is 12.0. The first-order valence-corrected chi connectivity index (χ1v) is 7.86. The summed E-state index contributed by atoms with van der Waals surface area (Å²) in [6, 6.07) is 12.6.